The topological polar surface area (TPSA) is 20.2 Å². The lowest BCUT2D eigenvalue weighted by atomic mass is 9.88. The quantitative estimate of drug-likeness (QED) is 0.837. The maximum atomic E-state index is 12.4. The SMILES string of the molecule is CC1SCCC1(O)c1ccc(C(F)(F)F)cc1. The smallest absolute Gasteiger partial charge is 0.384 e. The normalized spacial score (nSPS) is 29.6. The van der Waals surface area contributed by atoms with E-state index in [1.807, 2.05) is 6.92 Å². The minimum Gasteiger partial charge on any atom is -0.384 e. The summed E-state index contributed by atoms with van der Waals surface area (Å²) in [6, 6.07) is 4.82. The molecule has 0 amide bonds. The van der Waals surface area contributed by atoms with Gasteiger partial charge in [0.05, 0.1) is 5.56 Å². The predicted octanol–water partition coefficient (Wildman–Crippen LogP) is 3.42. The molecule has 2 unspecified atom stereocenters. The van der Waals surface area contributed by atoms with Gasteiger partial charge < -0.3 is 5.11 Å². The van der Waals surface area contributed by atoms with E-state index in [9.17, 15) is 18.3 Å². The molecule has 0 aromatic heterocycles. The van der Waals surface area contributed by atoms with Gasteiger partial charge in [0.2, 0.25) is 0 Å². The van der Waals surface area contributed by atoms with Crippen molar-refractivity contribution in [1.82, 2.24) is 0 Å². The maximum absolute atomic E-state index is 12.4. The highest BCUT2D eigenvalue weighted by Crippen LogP contribution is 2.43. The summed E-state index contributed by atoms with van der Waals surface area (Å²) in [5.74, 6) is 0.832. The van der Waals surface area contributed by atoms with E-state index in [0.29, 0.717) is 12.0 Å². The first-order valence-corrected chi connectivity index (χ1v) is 6.40. The lowest BCUT2D eigenvalue weighted by Gasteiger charge is -2.27. The molecular weight excluding hydrogens is 249 g/mol. The molecule has 1 saturated heterocycles. The molecule has 2 atom stereocenters. The third-order valence-electron chi connectivity index (χ3n) is 3.24. The molecule has 1 aliphatic heterocycles. The zero-order valence-corrected chi connectivity index (χ0v) is 10.1. The Bertz CT molecular complexity index is 401. The van der Waals surface area contributed by atoms with Gasteiger partial charge in [-0.2, -0.15) is 24.9 Å². The Morgan fingerprint density at radius 2 is 1.88 bits per heavy atom. The standard InChI is InChI=1S/C12H13F3OS/c1-8-11(16,6-7-17-8)9-2-4-10(5-3-9)12(13,14)15/h2-5,8,16H,6-7H2,1H3. The molecule has 0 bridgehead atoms. The highest BCUT2D eigenvalue weighted by Gasteiger charge is 2.41. The van der Waals surface area contributed by atoms with E-state index in [2.05, 4.69) is 0 Å². The number of thioether (sulfide) groups is 1. The van der Waals surface area contributed by atoms with Crippen molar-refractivity contribution in [3.05, 3.63) is 35.4 Å². The number of halogens is 3. The van der Waals surface area contributed by atoms with Gasteiger partial charge in [0.25, 0.3) is 0 Å². The third-order valence-corrected chi connectivity index (χ3v) is 4.57. The molecule has 1 aromatic rings. The maximum Gasteiger partial charge on any atom is 0.416 e. The summed E-state index contributed by atoms with van der Waals surface area (Å²) in [7, 11) is 0. The molecule has 1 nitrogen and oxygen atoms in total. The number of benzene rings is 1. The van der Waals surface area contributed by atoms with Crippen molar-refractivity contribution < 1.29 is 18.3 Å². The van der Waals surface area contributed by atoms with Crippen molar-refractivity contribution >= 4 is 11.8 Å². The zero-order chi connectivity index (χ0) is 12.7. The summed E-state index contributed by atoms with van der Waals surface area (Å²) >= 11 is 1.64. The summed E-state index contributed by atoms with van der Waals surface area (Å²) in [6.07, 6.45) is -3.73. The van der Waals surface area contributed by atoms with E-state index in [1.165, 1.54) is 12.1 Å². The highest BCUT2D eigenvalue weighted by molar-refractivity contribution is 8.00. The summed E-state index contributed by atoms with van der Waals surface area (Å²) in [5, 5.41) is 10.4. The highest BCUT2D eigenvalue weighted by atomic mass is 32.2. The molecule has 2 rings (SSSR count). The van der Waals surface area contributed by atoms with Crippen molar-refractivity contribution in [1.29, 1.82) is 0 Å². The van der Waals surface area contributed by atoms with Crippen LogP contribution in [0.3, 0.4) is 0 Å². The van der Waals surface area contributed by atoms with Crippen molar-refractivity contribution in [2.75, 3.05) is 5.75 Å². The Labute approximate surface area is 102 Å². The number of aliphatic hydroxyl groups is 1. The molecule has 0 aliphatic carbocycles. The van der Waals surface area contributed by atoms with Crippen LogP contribution in [0.5, 0.6) is 0 Å². The minimum absolute atomic E-state index is 0.0132. The molecule has 0 radical (unpaired) electrons. The fourth-order valence-corrected chi connectivity index (χ4v) is 3.37. The van der Waals surface area contributed by atoms with Crippen molar-refractivity contribution in [2.45, 2.75) is 30.4 Å². The Morgan fingerprint density at radius 1 is 1.29 bits per heavy atom. The summed E-state index contributed by atoms with van der Waals surface area (Å²) in [4.78, 5) is 0. The molecular formula is C12H13F3OS. The van der Waals surface area contributed by atoms with Crippen molar-refractivity contribution in [3.8, 4) is 0 Å². The van der Waals surface area contributed by atoms with Gasteiger partial charge in [0.1, 0.15) is 5.60 Å². The fraction of sp³-hybridized carbons (Fsp3) is 0.500. The second-order valence-corrected chi connectivity index (χ2v) is 5.71. The van der Waals surface area contributed by atoms with Crippen LogP contribution in [0.2, 0.25) is 0 Å². The molecule has 94 valence electrons. The van der Waals surface area contributed by atoms with Crippen LogP contribution in [0.15, 0.2) is 24.3 Å². The molecule has 5 heteroatoms. The Hall–Kier alpha value is -0.680. The van der Waals surface area contributed by atoms with Crippen LogP contribution in [0.4, 0.5) is 13.2 Å². The van der Waals surface area contributed by atoms with E-state index >= 15 is 0 Å². The fourth-order valence-electron chi connectivity index (χ4n) is 2.06. The third kappa shape index (κ3) is 2.31. The van der Waals surface area contributed by atoms with Crippen molar-refractivity contribution in [3.63, 3.8) is 0 Å². The summed E-state index contributed by atoms with van der Waals surface area (Å²) in [6.45, 7) is 1.90. The van der Waals surface area contributed by atoms with Crippen LogP contribution in [-0.2, 0) is 11.8 Å². The number of hydrogen-bond donors (Lipinski definition) is 1. The zero-order valence-electron chi connectivity index (χ0n) is 9.29. The minimum atomic E-state index is -4.32. The first-order chi connectivity index (χ1) is 7.84. The number of rotatable bonds is 1. The van der Waals surface area contributed by atoms with Gasteiger partial charge >= 0.3 is 6.18 Å². The summed E-state index contributed by atoms with van der Waals surface area (Å²) in [5.41, 5.74) is -1.10. The van der Waals surface area contributed by atoms with Gasteiger partial charge in [0.15, 0.2) is 0 Å². The molecule has 1 heterocycles. The second kappa shape index (κ2) is 4.21. The molecule has 17 heavy (non-hydrogen) atoms. The van der Waals surface area contributed by atoms with Crippen molar-refractivity contribution in [2.24, 2.45) is 0 Å². The average Bonchev–Trinajstić information content (AvgIpc) is 2.60. The molecule has 0 saturated carbocycles. The van der Waals surface area contributed by atoms with Gasteiger partial charge in [-0.1, -0.05) is 19.1 Å². The van der Waals surface area contributed by atoms with Gasteiger partial charge in [-0.05, 0) is 29.9 Å². The van der Waals surface area contributed by atoms with Crippen LogP contribution < -0.4 is 0 Å². The average molecular weight is 262 g/mol. The lowest BCUT2D eigenvalue weighted by molar-refractivity contribution is -0.137. The Kier molecular flexibility index (Phi) is 3.16. The summed E-state index contributed by atoms with van der Waals surface area (Å²) < 4.78 is 37.2. The van der Waals surface area contributed by atoms with E-state index in [4.69, 9.17) is 0 Å². The predicted molar refractivity (Wildman–Crippen MR) is 61.9 cm³/mol. The number of hydrogen-bond acceptors (Lipinski definition) is 2. The van der Waals surface area contributed by atoms with E-state index < -0.39 is 17.3 Å². The van der Waals surface area contributed by atoms with Gasteiger partial charge in [-0.3, -0.25) is 0 Å². The van der Waals surface area contributed by atoms with Crippen LogP contribution in [0.25, 0.3) is 0 Å². The van der Waals surface area contributed by atoms with Crippen LogP contribution in [0, 0.1) is 0 Å². The van der Waals surface area contributed by atoms with Gasteiger partial charge in [-0.15, -0.1) is 0 Å². The van der Waals surface area contributed by atoms with E-state index in [-0.39, 0.29) is 5.25 Å². The van der Waals surface area contributed by atoms with Crippen LogP contribution in [-0.4, -0.2) is 16.1 Å². The molecule has 1 aliphatic rings. The Morgan fingerprint density at radius 3 is 2.29 bits per heavy atom. The lowest BCUT2D eigenvalue weighted by Crippen LogP contribution is -2.31. The van der Waals surface area contributed by atoms with Crippen LogP contribution in [0.1, 0.15) is 24.5 Å². The Balaban J connectivity index is 2.30. The van der Waals surface area contributed by atoms with Gasteiger partial charge in [-0.25, -0.2) is 0 Å². The van der Waals surface area contributed by atoms with E-state index in [0.717, 1.165) is 17.9 Å². The first-order valence-electron chi connectivity index (χ1n) is 5.36. The van der Waals surface area contributed by atoms with E-state index in [1.54, 1.807) is 11.8 Å². The second-order valence-electron chi connectivity index (χ2n) is 4.26. The molecule has 1 N–H and O–H groups in total. The molecule has 0 spiro atoms. The first kappa shape index (κ1) is 12.8. The number of alkyl halides is 3. The van der Waals surface area contributed by atoms with Gasteiger partial charge in [0, 0.05) is 5.25 Å². The van der Waals surface area contributed by atoms with Crippen LogP contribution >= 0.6 is 11.8 Å². The largest absolute Gasteiger partial charge is 0.416 e. The monoisotopic (exact) mass is 262 g/mol. The molecule has 1 fully saturated rings. The molecule has 1 aromatic carbocycles.